The summed E-state index contributed by atoms with van der Waals surface area (Å²) in [6.45, 7) is 8.21. The number of likely N-dealkylation sites (N-methyl/N-ethyl adjacent to an activating group) is 1. The Morgan fingerprint density at radius 2 is 1.95 bits per heavy atom. The summed E-state index contributed by atoms with van der Waals surface area (Å²) >= 11 is 0. The van der Waals surface area contributed by atoms with Crippen molar-refractivity contribution < 1.29 is 4.74 Å². The molecular weight excluding hydrogens is 262 g/mol. The summed E-state index contributed by atoms with van der Waals surface area (Å²) in [5.74, 6) is 0.961. The van der Waals surface area contributed by atoms with E-state index >= 15 is 0 Å². The Kier molecular flexibility index (Phi) is 4.68. The van der Waals surface area contributed by atoms with Gasteiger partial charge in [0.1, 0.15) is 12.4 Å². The highest BCUT2D eigenvalue weighted by atomic mass is 16.5. The van der Waals surface area contributed by atoms with Crippen LogP contribution in [0.5, 0.6) is 5.75 Å². The van der Waals surface area contributed by atoms with Crippen molar-refractivity contribution in [2.24, 2.45) is 0 Å². The van der Waals surface area contributed by atoms with Gasteiger partial charge in [-0.25, -0.2) is 0 Å². The molecule has 0 aliphatic carbocycles. The molecule has 2 rings (SSSR count). The van der Waals surface area contributed by atoms with Crippen molar-refractivity contribution in [2.45, 2.75) is 26.2 Å². The molecule has 1 heterocycles. The monoisotopic (exact) mass is 287 g/mol. The summed E-state index contributed by atoms with van der Waals surface area (Å²) in [6, 6.07) is 6.40. The number of aromatic amines is 1. The molecule has 0 radical (unpaired) electrons. The van der Waals surface area contributed by atoms with Crippen molar-refractivity contribution in [1.82, 2.24) is 15.1 Å². The standard InChI is InChI=1S/C17H25N3O/c1-17(2,3)15-7-6-13(14-11-18-19-12-14)10-16(15)21-9-8-20(4)5/h6-7,10-12H,8-9H2,1-5H3,(H,18,19). The molecular formula is C17H25N3O. The Hall–Kier alpha value is -1.81. The van der Waals surface area contributed by atoms with Gasteiger partial charge < -0.3 is 9.64 Å². The lowest BCUT2D eigenvalue weighted by Gasteiger charge is -2.24. The molecule has 1 N–H and O–H groups in total. The Balaban J connectivity index is 2.30. The normalized spacial score (nSPS) is 11.9. The largest absolute Gasteiger partial charge is 0.492 e. The zero-order chi connectivity index (χ0) is 15.5. The van der Waals surface area contributed by atoms with E-state index in [1.807, 2.05) is 12.4 Å². The number of nitrogens with one attached hydrogen (secondary N) is 1. The molecule has 0 bridgehead atoms. The molecule has 4 heteroatoms. The molecule has 1 aromatic carbocycles. The zero-order valence-corrected chi connectivity index (χ0v) is 13.6. The Morgan fingerprint density at radius 3 is 2.52 bits per heavy atom. The number of rotatable bonds is 5. The van der Waals surface area contributed by atoms with Gasteiger partial charge in [0.15, 0.2) is 0 Å². The lowest BCUT2D eigenvalue weighted by molar-refractivity contribution is 0.257. The third-order valence-electron chi connectivity index (χ3n) is 3.42. The minimum Gasteiger partial charge on any atom is -0.492 e. The van der Waals surface area contributed by atoms with Crippen molar-refractivity contribution in [3.05, 3.63) is 36.2 Å². The summed E-state index contributed by atoms with van der Waals surface area (Å²) in [5.41, 5.74) is 3.49. The lowest BCUT2D eigenvalue weighted by Crippen LogP contribution is -2.21. The summed E-state index contributed by atoms with van der Waals surface area (Å²) in [6.07, 6.45) is 3.73. The maximum Gasteiger partial charge on any atom is 0.123 e. The van der Waals surface area contributed by atoms with Crippen LogP contribution in [0, 0.1) is 0 Å². The van der Waals surface area contributed by atoms with Gasteiger partial charge in [-0.2, -0.15) is 5.10 Å². The van der Waals surface area contributed by atoms with E-state index in [0.29, 0.717) is 6.61 Å². The van der Waals surface area contributed by atoms with E-state index in [2.05, 4.69) is 68.2 Å². The lowest BCUT2D eigenvalue weighted by atomic mass is 9.85. The van der Waals surface area contributed by atoms with Gasteiger partial charge in [-0.1, -0.05) is 32.9 Å². The van der Waals surface area contributed by atoms with Gasteiger partial charge in [-0.3, -0.25) is 5.10 Å². The number of aromatic nitrogens is 2. The van der Waals surface area contributed by atoms with Crippen LogP contribution in [-0.2, 0) is 5.41 Å². The molecule has 0 unspecified atom stereocenters. The van der Waals surface area contributed by atoms with Gasteiger partial charge in [-0.05, 0) is 36.7 Å². The van der Waals surface area contributed by atoms with E-state index in [1.54, 1.807) is 0 Å². The van der Waals surface area contributed by atoms with Crippen molar-refractivity contribution in [3.63, 3.8) is 0 Å². The molecule has 114 valence electrons. The van der Waals surface area contributed by atoms with Crippen LogP contribution >= 0.6 is 0 Å². The second-order valence-electron chi connectivity index (χ2n) is 6.60. The summed E-state index contributed by atoms with van der Waals surface area (Å²) in [5, 5.41) is 6.87. The SMILES string of the molecule is CN(C)CCOc1cc(-c2cn[nH]c2)ccc1C(C)(C)C. The van der Waals surface area contributed by atoms with Crippen LogP contribution in [0.4, 0.5) is 0 Å². The van der Waals surface area contributed by atoms with Gasteiger partial charge >= 0.3 is 0 Å². The number of hydrogen-bond acceptors (Lipinski definition) is 3. The van der Waals surface area contributed by atoms with Crippen LogP contribution in [0.15, 0.2) is 30.6 Å². The zero-order valence-electron chi connectivity index (χ0n) is 13.6. The van der Waals surface area contributed by atoms with Crippen molar-refractivity contribution >= 4 is 0 Å². The Bertz CT molecular complexity index is 568. The van der Waals surface area contributed by atoms with Gasteiger partial charge in [0, 0.05) is 18.3 Å². The van der Waals surface area contributed by atoms with Crippen LogP contribution < -0.4 is 4.74 Å². The molecule has 0 saturated carbocycles. The summed E-state index contributed by atoms with van der Waals surface area (Å²) in [4.78, 5) is 2.12. The first-order chi connectivity index (χ1) is 9.88. The van der Waals surface area contributed by atoms with Gasteiger partial charge in [0.2, 0.25) is 0 Å². The number of ether oxygens (including phenoxy) is 1. The highest BCUT2D eigenvalue weighted by molar-refractivity contribution is 5.65. The average Bonchev–Trinajstić information content (AvgIpc) is 2.90. The maximum absolute atomic E-state index is 6.04. The highest BCUT2D eigenvalue weighted by Crippen LogP contribution is 2.34. The predicted molar refractivity (Wildman–Crippen MR) is 86.8 cm³/mol. The predicted octanol–water partition coefficient (Wildman–Crippen LogP) is 3.31. The number of benzene rings is 1. The van der Waals surface area contributed by atoms with Crippen LogP contribution in [0.1, 0.15) is 26.3 Å². The van der Waals surface area contributed by atoms with E-state index in [1.165, 1.54) is 5.56 Å². The van der Waals surface area contributed by atoms with Gasteiger partial charge in [-0.15, -0.1) is 0 Å². The Labute approximate surface area is 127 Å². The van der Waals surface area contributed by atoms with Crippen LogP contribution in [-0.4, -0.2) is 42.3 Å². The first-order valence-corrected chi connectivity index (χ1v) is 7.29. The minimum atomic E-state index is 0.0579. The summed E-state index contributed by atoms with van der Waals surface area (Å²) < 4.78 is 6.04. The van der Waals surface area contributed by atoms with Crippen LogP contribution in [0.3, 0.4) is 0 Å². The van der Waals surface area contributed by atoms with E-state index in [9.17, 15) is 0 Å². The summed E-state index contributed by atoms with van der Waals surface area (Å²) in [7, 11) is 4.10. The fourth-order valence-electron chi connectivity index (χ4n) is 2.19. The second-order valence-corrected chi connectivity index (χ2v) is 6.60. The van der Waals surface area contributed by atoms with Crippen LogP contribution in [0.25, 0.3) is 11.1 Å². The van der Waals surface area contributed by atoms with Gasteiger partial charge in [0.05, 0.1) is 6.20 Å². The third-order valence-corrected chi connectivity index (χ3v) is 3.42. The Morgan fingerprint density at radius 1 is 1.19 bits per heavy atom. The molecule has 0 aliphatic rings. The van der Waals surface area contributed by atoms with E-state index in [0.717, 1.165) is 23.4 Å². The number of nitrogens with zero attached hydrogens (tertiary/aromatic N) is 2. The van der Waals surface area contributed by atoms with Gasteiger partial charge in [0.25, 0.3) is 0 Å². The molecule has 0 atom stereocenters. The molecule has 1 aromatic heterocycles. The topological polar surface area (TPSA) is 41.1 Å². The maximum atomic E-state index is 6.04. The molecule has 21 heavy (non-hydrogen) atoms. The smallest absolute Gasteiger partial charge is 0.123 e. The fraction of sp³-hybridized carbons (Fsp3) is 0.471. The number of hydrogen-bond donors (Lipinski definition) is 1. The second kappa shape index (κ2) is 6.31. The molecule has 4 nitrogen and oxygen atoms in total. The first kappa shape index (κ1) is 15.6. The van der Waals surface area contributed by atoms with Crippen molar-refractivity contribution in [2.75, 3.05) is 27.2 Å². The molecule has 0 amide bonds. The van der Waals surface area contributed by atoms with Crippen LogP contribution in [0.2, 0.25) is 0 Å². The third kappa shape index (κ3) is 4.08. The van der Waals surface area contributed by atoms with Crippen molar-refractivity contribution in [3.8, 4) is 16.9 Å². The molecule has 0 aliphatic heterocycles. The quantitative estimate of drug-likeness (QED) is 0.917. The first-order valence-electron chi connectivity index (χ1n) is 7.29. The highest BCUT2D eigenvalue weighted by Gasteiger charge is 2.19. The molecule has 2 aromatic rings. The van der Waals surface area contributed by atoms with E-state index in [-0.39, 0.29) is 5.41 Å². The minimum absolute atomic E-state index is 0.0579. The average molecular weight is 287 g/mol. The molecule has 0 spiro atoms. The number of H-pyrrole nitrogens is 1. The molecule has 0 fully saturated rings. The van der Waals surface area contributed by atoms with Crippen molar-refractivity contribution in [1.29, 1.82) is 0 Å². The van der Waals surface area contributed by atoms with E-state index < -0.39 is 0 Å². The molecule has 0 saturated heterocycles. The van der Waals surface area contributed by atoms with E-state index in [4.69, 9.17) is 4.74 Å². The fourth-order valence-corrected chi connectivity index (χ4v) is 2.19.